The zero-order valence-electron chi connectivity index (χ0n) is 11.5. The van der Waals surface area contributed by atoms with E-state index >= 15 is 0 Å². The van der Waals surface area contributed by atoms with Gasteiger partial charge in [0, 0.05) is 13.0 Å². The molecule has 2 N–H and O–H groups in total. The first-order chi connectivity index (χ1) is 7.63. The predicted octanol–water partition coefficient (Wildman–Crippen LogP) is 1.65. The first-order valence-electron chi connectivity index (χ1n) is 6.26. The largest absolute Gasteiger partial charge is 0.409 e. The Labute approximate surface area is 105 Å². The lowest BCUT2D eigenvalue weighted by molar-refractivity contribution is -0.120. The molecule has 1 amide bonds. The second-order valence-electron chi connectivity index (χ2n) is 6.33. The van der Waals surface area contributed by atoms with E-state index in [1.807, 2.05) is 0 Å². The first kappa shape index (κ1) is 14.7. The van der Waals surface area contributed by atoms with E-state index in [-0.39, 0.29) is 17.0 Å². The highest BCUT2D eigenvalue weighted by molar-refractivity contribution is 6.74. The third-order valence-electron chi connectivity index (χ3n) is 3.85. The third-order valence-corrected chi connectivity index (χ3v) is 8.35. The minimum atomic E-state index is -1.89. The van der Waals surface area contributed by atoms with Gasteiger partial charge >= 0.3 is 0 Å². The lowest BCUT2D eigenvalue weighted by atomic mass is 10.1. The van der Waals surface area contributed by atoms with Crippen molar-refractivity contribution >= 4 is 14.2 Å². The molecule has 4 nitrogen and oxygen atoms in total. The molecule has 0 aliphatic carbocycles. The van der Waals surface area contributed by atoms with Crippen molar-refractivity contribution in [2.24, 2.45) is 0 Å². The van der Waals surface area contributed by atoms with E-state index in [1.54, 1.807) is 0 Å². The quantitative estimate of drug-likeness (QED) is 0.741. The van der Waals surface area contributed by atoms with Crippen molar-refractivity contribution in [3.63, 3.8) is 0 Å². The average molecular weight is 259 g/mol. The van der Waals surface area contributed by atoms with Gasteiger partial charge in [-0.2, -0.15) is 0 Å². The minimum absolute atomic E-state index is 0.00498. The molecule has 0 spiro atoms. The Morgan fingerprint density at radius 1 is 1.41 bits per heavy atom. The van der Waals surface area contributed by atoms with Crippen molar-refractivity contribution in [2.75, 3.05) is 6.54 Å². The lowest BCUT2D eigenvalue weighted by Gasteiger charge is -2.40. The second-order valence-corrected chi connectivity index (χ2v) is 11.1. The molecule has 5 heteroatoms. The molecule has 0 radical (unpaired) electrons. The summed E-state index contributed by atoms with van der Waals surface area (Å²) in [5.41, 5.74) is 0. The Bertz CT molecular complexity index is 286. The van der Waals surface area contributed by atoms with Gasteiger partial charge in [-0.25, -0.2) is 0 Å². The highest BCUT2D eigenvalue weighted by Gasteiger charge is 2.41. The molecule has 2 atom stereocenters. The molecule has 17 heavy (non-hydrogen) atoms. The van der Waals surface area contributed by atoms with Gasteiger partial charge in [-0.15, -0.1) is 0 Å². The fourth-order valence-electron chi connectivity index (χ4n) is 1.58. The SMILES string of the molecule is CC(C)(C)[Si](C)(C)O[C@H]1CNC(=O)CC[C@@H]1O. The van der Waals surface area contributed by atoms with Crippen LogP contribution in [-0.4, -0.2) is 38.1 Å². The number of rotatable bonds is 2. The molecule has 0 saturated carbocycles. The molecule has 1 aliphatic heterocycles. The van der Waals surface area contributed by atoms with Gasteiger partial charge in [-0.3, -0.25) is 4.79 Å². The Balaban J connectivity index is 2.69. The summed E-state index contributed by atoms with van der Waals surface area (Å²) in [5, 5.41) is 12.9. The van der Waals surface area contributed by atoms with Crippen LogP contribution in [0, 0.1) is 0 Å². The van der Waals surface area contributed by atoms with E-state index in [4.69, 9.17) is 4.43 Å². The summed E-state index contributed by atoms with van der Waals surface area (Å²) in [5.74, 6) is 0.00498. The molecule has 100 valence electrons. The molecule has 0 unspecified atom stereocenters. The fourth-order valence-corrected chi connectivity index (χ4v) is 2.93. The summed E-state index contributed by atoms with van der Waals surface area (Å²) < 4.78 is 6.16. The van der Waals surface area contributed by atoms with Gasteiger partial charge in [0.1, 0.15) is 0 Å². The number of aliphatic hydroxyl groups is 1. The van der Waals surface area contributed by atoms with Crippen molar-refractivity contribution in [1.29, 1.82) is 0 Å². The Hall–Kier alpha value is -0.393. The highest BCUT2D eigenvalue weighted by atomic mass is 28.4. The van der Waals surface area contributed by atoms with Gasteiger partial charge in [0.15, 0.2) is 8.32 Å². The molecular formula is C12H25NO3Si. The molecule has 1 rings (SSSR count). The molecule has 1 aliphatic rings. The van der Waals surface area contributed by atoms with Crippen molar-refractivity contribution in [1.82, 2.24) is 5.32 Å². The normalized spacial score (nSPS) is 27.5. The van der Waals surface area contributed by atoms with Crippen LogP contribution in [0.4, 0.5) is 0 Å². The minimum Gasteiger partial charge on any atom is -0.409 e. The smallest absolute Gasteiger partial charge is 0.220 e. The van der Waals surface area contributed by atoms with Crippen molar-refractivity contribution in [3.05, 3.63) is 0 Å². The van der Waals surface area contributed by atoms with E-state index < -0.39 is 14.4 Å². The molecule has 0 bridgehead atoms. The van der Waals surface area contributed by atoms with Crippen LogP contribution in [-0.2, 0) is 9.22 Å². The molecular weight excluding hydrogens is 234 g/mol. The van der Waals surface area contributed by atoms with E-state index in [2.05, 4.69) is 39.2 Å². The average Bonchev–Trinajstić information content (AvgIpc) is 2.31. The van der Waals surface area contributed by atoms with Gasteiger partial charge in [0.25, 0.3) is 0 Å². The number of hydrogen-bond acceptors (Lipinski definition) is 3. The van der Waals surface area contributed by atoms with Crippen LogP contribution in [0.1, 0.15) is 33.6 Å². The Morgan fingerprint density at radius 2 is 2.00 bits per heavy atom. The maximum Gasteiger partial charge on any atom is 0.220 e. The summed E-state index contributed by atoms with van der Waals surface area (Å²) in [6.45, 7) is 11.2. The van der Waals surface area contributed by atoms with Crippen molar-refractivity contribution in [2.45, 2.75) is 64.0 Å². The summed E-state index contributed by atoms with van der Waals surface area (Å²) in [7, 11) is -1.89. The van der Waals surface area contributed by atoms with Gasteiger partial charge in [0.05, 0.1) is 12.2 Å². The number of aliphatic hydroxyl groups excluding tert-OH is 1. The zero-order valence-corrected chi connectivity index (χ0v) is 12.5. The maximum absolute atomic E-state index is 11.3. The Kier molecular flexibility index (Phi) is 4.38. The topological polar surface area (TPSA) is 58.6 Å². The molecule has 0 aromatic carbocycles. The maximum atomic E-state index is 11.3. The Morgan fingerprint density at radius 3 is 2.53 bits per heavy atom. The van der Waals surface area contributed by atoms with Crippen molar-refractivity contribution in [3.8, 4) is 0 Å². The van der Waals surface area contributed by atoms with Crippen LogP contribution in [0.5, 0.6) is 0 Å². The first-order valence-corrected chi connectivity index (χ1v) is 9.17. The van der Waals surface area contributed by atoms with Crippen LogP contribution >= 0.6 is 0 Å². The molecule has 1 heterocycles. The number of hydrogen-bond donors (Lipinski definition) is 2. The van der Waals surface area contributed by atoms with E-state index in [0.29, 0.717) is 19.4 Å². The summed E-state index contributed by atoms with van der Waals surface area (Å²) in [6.07, 6.45) is 0.0781. The fraction of sp³-hybridized carbons (Fsp3) is 0.917. The van der Waals surface area contributed by atoms with Crippen molar-refractivity contribution < 1.29 is 14.3 Å². The number of carbonyl (C=O) groups is 1. The molecule has 1 fully saturated rings. The molecule has 0 aromatic rings. The second kappa shape index (κ2) is 5.08. The van der Waals surface area contributed by atoms with Crippen LogP contribution < -0.4 is 5.32 Å². The van der Waals surface area contributed by atoms with Gasteiger partial charge < -0.3 is 14.8 Å². The van der Waals surface area contributed by atoms with Gasteiger partial charge in [0.2, 0.25) is 5.91 Å². The lowest BCUT2D eigenvalue weighted by Crippen LogP contribution is -2.49. The summed E-state index contributed by atoms with van der Waals surface area (Å²) >= 11 is 0. The third kappa shape index (κ3) is 3.79. The number of carbonyl (C=O) groups excluding carboxylic acids is 1. The zero-order chi connectivity index (χ0) is 13.3. The van der Waals surface area contributed by atoms with Crippen LogP contribution in [0.3, 0.4) is 0 Å². The van der Waals surface area contributed by atoms with Gasteiger partial charge in [-0.05, 0) is 24.6 Å². The molecule has 1 saturated heterocycles. The highest BCUT2D eigenvalue weighted by Crippen LogP contribution is 2.37. The van der Waals surface area contributed by atoms with E-state index in [0.717, 1.165) is 0 Å². The van der Waals surface area contributed by atoms with Crippen LogP contribution in [0.15, 0.2) is 0 Å². The molecule has 0 aromatic heterocycles. The standard InChI is InChI=1S/C12H25NO3Si/c1-12(2,3)17(4,5)16-10-8-13-11(15)7-6-9(10)14/h9-10,14H,6-8H2,1-5H3,(H,13,15)/t9-,10-/m0/s1. The van der Waals surface area contributed by atoms with Gasteiger partial charge in [-0.1, -0.05) is 20.8 Å². The predicted molar refractivity (Wildman–Crippen MR) is 70.3 cm³/mol. The number of nitrogens with one attached hydrogen (secondary N) is 1. The van der Waals surface area contributed by atoms with Crippen LogP contribution in [0.2, 0.25) is 18.1 Å². The van der Waals surface area contributed by atoms with E-state index in [1.165, 1.54) is 0 Å². The summed E-state index contributed by atoms with van der Waals surface area (Å²) in [4.78, 5) is 11.3. The number of amides is 1. The summed E-state index contributed by atoms with van der Waals surface area (Å²) in [6, 6.07) is 0. The monoisotopic (exact) mass is 259 g/mol. The van der Waals surface area contributed by atoms with Crippen LogP contribution in [0.25, 0.3) is 0 Å². The van der Waals surface area contributed by atoms with E-state index in [9.17, 15) is 9.90 Å².